The summed E-state index contributed by atoms with van der Waals surface area (Å²) in [6, 6.07) is 0. The van der Waals surface area contributed by atoms with Crippen molar-refractivity contribution >= 4 is 43.1 Å². The molecule has 0 spiro atoms. The summed E-state index contributed by atoms with van der Waals surface area (Å²) in [6.45, 7) is 2.21. The smallest absolute Gasteiger partial charge is 0.103 e. The normalized spacial score (nSPS) is 16.7. The second-order valence-corrected chi connectivity index (χ2v) is 6.21. The Balaban J connectivity index is 3.04. The SMILES string of the molecule is [B]C(S)(I)CCCCCC. The molecule has 1 unspecified atom stereocenters. The van der Waals surface area contributed by atoms with Crippen molar-refractivity contribution in [2.24, 2.45) is 0 Å². The predicted octanol–water partition coefficient (Wildman–Crippen LogP) is 3.14. The molecule has 0 saturated carbocycles. The van der Waals surface area contributed by atoms with Gasteiger partial charge in [0.15, 0.2) is 0 Å². The summed E-state index contributed by atoms with van der Waals surface area (Å²) < 4.78 is -0.286. The first-order valence-corrected chi connectivity index (χ1v) is 5.29. The number of halogens is 1. The first-order valence-electron chi connectivity index (χ1n) is 3.76. The number of rotatable bonds is 5. The van der Waals surface area contributed by atoms with Crippen LogP contribution in [-0.4, -0.2) is 10.5 Å². The average Bonchev–Trinajstić information content (AvgIpc) is 1.78. The lowest BCUT2D eigenvalue weighted by Gasteiger charge is -2.14. The van der Waals surface area contributed by atoms with Gasteiger partial charge in [0, 0.05) is 2.65 Å². The van der Waals surface area contributed by atoms with Gasteiger partial charge in [-0.05, 0) is 6.42 Å². The second kappa shape index (κ2) is 5.75. The fourth-order valence-corrected chi connectivity index (χ4v) is 1.34. The quantitative estimate of drug-likeness (QED) is 0.256. The Kier molecular flexibility index (Phi) is 6.41. The van der Waals surface area contributed by atoms with E-state index in [9.17, 15) is 0 Å². The third kappa shape index (κ3) is 9.14. The Bertz CT molecular complexity index is 80.2. The molecule has 0 heterocycles. The molecule has 0 aliphatic carbocycles. The molecule has 0 aliphatic rings. The number of alkyl halides is 1. The maximum absolute atomic E-state index is 5.67. The van der Waals surface area contributed by atoms with Gasteiger partial charge in [-0.3, -0.25) is 0 Å². The van der Waals surface area contributed by atoms with E-state index in [1.54, 1.807) is 0 Å². The van der Waals surface area contributed by atoms with Crippen LogP contribution in [0.15, 0.2) is 0 Å². The van der Waals surface area contributed by atoms with Crippen molar-refractivity contribution in [1.82, 2.24) is 0 Å². The van der Waals surface area contributed by atoms with Gasteiger partial charge >= 0.3 is 0 Å². The van der Waals surface area contributed by atoms with Gasteiger partial charge in [-0.15, -0.1) is 0 Å². The highest BCUT2D eigenvalue weighted by atomic mass is 127. The van der Waals surface area contributed by atoms with Crippen LogP contribution in [0, 0.1) is 0 Å². The first-order chi connectivity index (χ1) is 4.56. The highest BCUT2D eigenvalue weighted by Crippen LogP contribution is 2.25. The molecular formula is C7H14BIS. The molecule has 0 aromatic carbocycles. The molecule has 0 N–H and O–H groups in total. The summed E-state index contributed by atoms with van der Waals surface area (Å²) in [6.07, 6.45) is 6.11. The van der Waals surface area contributed by atoms with Crippen LogP contribution in [0.1, 0.15) is 39.0 Å². The standard InChI is InChI=1S/C7H14BIS/c1-2-3-4-5-6-7(8,9)10/h10H,2-6H2,1H3. The monoisotopic (exact) mass is 268 g/mol. The summed E-state index contributed by atoms with van der Waals surface area (Å²) in [5.41, 5.74) is 0. The number of hydrogen-bond acceptors (Lipinski definition) is 1. The van der Waals surface area contributed by atoms with Crippen molar-refractivity contribution in [3.63, 3.8) is 0 Å². The Morgan fingerprint density at radius 3 is 2.40 bits per heavy atom. The summed E-state index contributed by atoms with van der Waals surface area (Å²) >= 11 is 6.39. The number of thiol groups is 1. The Morgan fingerprint density at radius 1 is 1.40 bits per heavy atom. The molecule has 0 aromatic heterocycles. The zero-order valence-corrected chi connectivity index (χ0v) is 9.49. The van der Waals surface area contributed by atoms with Crippen LogP contribution < -0.4 is 0 Å². The van der Waals surface area contributed by atoms with E-state index in [0.717, 1.165) is 6.42 Å². The molecule has 0 saturated heterocycles. The van der Waals surface area contributed by atoms with E-state index in [0.29, 0.717) is 0 Å². The Hall–Kier alpha value is 1.14. The van der Waals surface area contributed by atoms with Crippen LogP contribution in [0.5, 0.6) is 0 Å². The molecule has 3 heteroatoms. The Labute approximate surface area is 84.5 Å². The van der Waals surface area contributed by atoms with E-state index < -0.39 is 0 Å². The van der Waals surface area contributed by atoms with E-state index >= 15 is 0 Å². The van der Waals surface area contributed by atoms with Gasteiger partial charge in [0.1, 0.15) is 7.85 Å². The lowest BCUT2D eigenvalue weighted by atomic mass is 9.97. The maximum Gasteiger partial charge on any atom is 0.103 e. The number of unbranched alkanes of at least 4 members (excludes halogenated alkanes) is 3. The van der Waals surface area contributed by atoms with E-state index in [4.69, 9.17) is 7.85 Å². The minimum atomic E-state index is -0.286. The lowest BCUT2D eigenvalue weighted by Crippen LogP contribution is -2.10. The van der Waals surface area contributed by atoms with Crippen molar-refractivity contribution in [1.29, 1.82) is 0 Å². The van der Waals surface area contributed by atoms with Crippen LogP contribution in [0.2, 0.25) is 0 Å². The zero-order chi connectivity index (χ0) is 8.04. The fraction of sp³-hybridized carbons (Fsp3) is 1.00. The minimum absolute atomic E-state index is 0.286. The Morgan fingerprint density at radius 2 is 2.00 bits per heavy atom. The van der Waals surface area contributed by atoms with Crippen molar-refractivity contribution in [3.8, 4) is 0 Å². The van der Waals surface area contributed by atoms with Crippen LogP contribution in [-0.2, 0) is 0 Å². The molecule has 0 aromatic rings. The van der Waals surface area contributed by atoms with E-state index in [1.807, 2.05) is 0 Å². The zero-order valence-electron chi connectivity index (χ0n) is 6.44. The van der Waals surface area contributed by atoms with Crippen molar-refractivity contribution in [2.45, 2.75) is 41.7 Å². The maximum atomic E-state index is 5.67. The van der Waals surface area contributed by atoms with Crippen molar-refractivity contribution in [3.05, 3.63) is 0 Å². The molecule has 0 nitrogen and oxygen atoms in total. The third-order valence-corrected chi connectivity index (χ3v) is 2.14. The van der Waals surface area contributed by atoms with E-state index in [2.05, 4.69) is 42.1 Å². The largest absolute Gasteiger partial charge is 0.172 e. The topological polar surface area (TPSA) is 0 Å². The van der Waals surface area contributed by atoms with Gasteiger partial charge in [-0.2, -0.15) is 12.6 Å². The summed E-state index contributed by atoms with van der Waals surface area (Å²) in [5.74, 6) is 0. The van der Waals surface area contributed by atoms with Gasteiger partial charge < -0.3 is 0 Å². The second-order valence-electron chi connectivity index (χ2n) is 2.63. The molecule has 0 fully saturated rings. The first kappa shape index (κ1) is 11.1. The van der Waals surface area contributed by atoms with Gasteiger partial charge in [0.25, 0.3) is 0 Å². The van der Waals surface area contributed by atoms with Crippen LogP contribution in [0.4, 0.5) is 0 Å². The highest BCUT2D eigenvalue weighted by Gasteiger charge is 2.11. The highest BCUT2D eigenvalue weighted by molar-refractivity contribution is 14.1. The lowest BCUT2D eigenvalue weighted by molar-refractivity contribution is 0.648. The van der Waals surface area contributed by atoms with Gasteiger partial charge in [-0.25, -0.2) is 0 Å². The van der Waals surface area contributed by atoms with Crippen molar-refractivity contribution < 1.29 is 0 Å². The van der Waals surface area contributed by atoms with E-state index in [-0.39, 0.29) is 2.65 Å². The van der Waals surface area contributed by atoms with Gasteiger partial charge in [0.05, 0.1) is 0 Å². The molecule has 2 radical (unpaired) electrons. The molecule has 58 valence electrons. The molecule has 0 amide bonds. The fourth-order valence-electron chi connectivity index (χ4n) is 0.800. The molecular weight excluding hydrogens is 254 g/mol. The predicted molar refractivity (Wildman–Crippen MR) is 60.3 cm³/mol. The van der Waals surface area contributed by atoms with Crippen molar-refractivity contribution in [2.75, 3.05) is 0 Å². The van der Waals surface area contributed by atoms with Crippen LogP contribution >= 0.6 is 35.2 Å². The average molecular weight is 268 g/mol. The van der Waals surface area contributed by atoms with Gasteiger partial charge in [-0.1, -0.05) is 55.2 Å². The third-order valence-electron chi connectivity index (χ3n) is 1.38. The van der Waals surface area contributed by atoms with E-state index in [1.165, 1.54) is 25.7 Å². The number of hydrogen-bond donors (Lipinski definition) is 1. The molecule has 0 rings (SSSR count). The molecule has 0 bridgehead atoms. The minimum Gasteiger partial charge on any atom is -0.172 e. The summed E-state index contributed by atoms with van der Waals surface area (Å²) in [5, 5.41) is 0. The molecule has 1 atom stereocenters. The van der Waals surface area contributed by atoms with Crippen LogP contribution in [0.25, 0.3) is 0 Å². The molecule has 10 heavy (non-hydrogen) atoms. The summed E-state index contributed by atoms with van der Waals surface area (Å²) in [7, 11) is 5.67. The molecule has 0 aliphatic heterocycles. The summed E-state index contributed by atoms with van der Waals surface area (Å²) in [4.78, 5) is 0. The van der Waals surface area contributed by atoms with Crippen LogP contribution in [0.3, 0.4) is 0 Å². The van der Waals surface area contributed by atoms with Gasteiger partial charge in [0.2, 0.25) is 0 Å².